The van der Waals surface area contributed by atoms with Crippen molar-refractivity contribution in [2.24, 2.45) is 0 Å². The Balaban J connectivity index is 2.70. The Bertz CT molecular complexity index is 169. The maximum absolute atomic E-state index is 11.3. The molecule has 0 radical (unpaired) electrons. The highest BCUT2D eigenvalue weighted by molar-refractivity contribution is 5.82. The summed E-state index contributed by atoms with van der Waals surface area (Å²) in [7, 11) is 1.86. The maximum Gasteiger partial charge on any atom is 0.239 e. The molecule has 1 rings (SSSR count). The average Bonchev–Trinajstić information content (AvgIpc) is 1.97. The molecule has 1 N–H and O–H groups in total. The number of likely N-dealkylation sites (N-methyl/N-ethyl adjacent to an activating group) is 1. The third-order valence-corrected chi connectivity index (χ3v) is 2.57. The Kier molecular flexibility index (Phi) is 2.18. The van der Waals surface area contributed by atoms with Crippen LogP contribution in [0.4, 0.5) is 0 Å². The highest BCUT2D eigenvalue weighted by atomic mass is 16.2. The molecule has 0 aromatic carbocycles. The molecule has 0 aliphatic carbocycles. The summed E-state index contributed by atoms with van der Waals surface area (Å²) < 4.78 is 0. The Hall–Kier alpha value is -0.570. The average molecular weight is 156 g/mol. The minimum Gasteiger partial charge on any atom is -0.340 e. The standard InChI is InChI=1S/C8H16N2O/c1-5-7(3)10(4)8(11)6(2)9-5/h5-7,9H,1-4H3/t5-,6+,7+/m1/s1. The van der Waals surface area contributed by atoms with Gasteiger partial charge in [0.25, 0.3) is 0 Å². The van der Waals surface area contributed by atoms with Crippen molar-refractivity contribution in [3.63, 3.8) is 0 Å². The van der Waals surface area contributed by atoms with Gasteiger partial charge in [0.1, 0.15) is 0 Å². The molecule has 0 aromatic heterocycles. The van der Waals surface area contributed by atoms with Crippen LogP contribution in [0.3, 0.4) is 0 Å². The third kappa shape index (κ3) is 1.38. The van der Waals surface area contributed by atoms with Crippen molar-refractivity contribution in [3.05, 3.63) is 0 Å². The summed E-state index contributed by atoms with van der Waals surface area (Å²) in [5.41, 5.74) is 0. The van der Waals surface area contributed by atoms with Crippen LogP contribution in [0.1, 0.15) is 20.8 Å². The molecule has 3 nitrogen and oxygen atoms in total. The van der Waals surface area contributed by atoms with E-state index < -0.39 is 0 Å². The second-order valence-electron chi connectivity index (χ2n) is 3.37. The number of carbonyl (C=O) groups is 1. The van der Waals surface area contributed by atoms with Gasteiger partial charge in [0.05, 0.1) is 6.04 Å². The molecule has 0 saturated carbocycles. The largest absolute Gasteiger partial charge is 0.340 e. The minimum atomic E-state index is -0.0220. The topological polar surface area (TPSA) is 32.3 Å². The van der Waals surface area contributed by atoms with Crippen molar-refractivity contribution < 1.29 is 4.79 Å². The van der Waals surface area contributed by atoms with Gasteiger partial charge in [0.15, 0.2) is 0 Å². The van der Waals surface area contributed by atoms with E-state index in [0.717, 1.165) is 0 Å². The van der Waals surface area contributed by atoms with Crippen LogP contribution in [-0.4, -0.2) is 36.0 Å². The second-order valence-corrected chi connectivity index (χ2v) is 3.37. The maximum atomic E-state index is 11.3. The van der Waals surface area contributed by atoms with E-state index in [0.29, 0.717) is 12.1 Å². The molecule has 1 aliphatic rings. The molecule has 0 unspecified atom stereocenters. The van der Waals surface area contributed by atoms with Gasteiger partial charge in [-0.3, -0.25) is 4.79 Å². The smallest absolute Gasteiger partial charge is 0.239 e. The lowest BCUT2D eigenvalue weighted by Crippen LogP contribution is -2.61. The zero-order valence-corrected chi connectivity index (χ0v) is 7.59. The van der Waals surface area contributed by atoms with Crippen LogP contribution in [0.15, 0.2) is 0 Å². The van der Waals surface area contributed by atoms with Crippen LogP contribution in [0.2, 0.25) is 0 Å². The Morgan fingerprint density at radius 3 is 2.45 bits per heavy atom. The number of nitrogens with one attached hydrogen (secondary N) is 1. The molecule has 64 valence electrons. The van der Waals surface area contributed by atoms with Crippen molar-refractivity contribution in [1.29, 1.82) is 0 Å². The van der Waals surface area contributed by atoms with Crippen LogP contribution in [-0.2, 0) is 4.79 Å². The highest BCUT2D eigenvalue weighted by Crippen LogP contribution is 2.10. The lowest BCUT2D eigenvalue weighted by molar-refractivity contribution is -0.137. The number of hydrogen-bond acceptors (Lipinski definition) is 2. The first-order valence-corrected chi connectivity index (χ1v) is 4.06. The molecule has 1 amide bonds. The number of hydrogen-bond donors (Lipinski definition) is 1. The van der Waals surface area contributed by atoms with Crippen LogP contribution < -0.4 is 5.32 Å². The van der Waals surface area contributed by atoms with Crippen molar-refractivity contribution in [2.45, 2.75) is 38.9 Å². The van der Waals surface area contributed by atoms with Gasteiger partial charge in [-0.2, -0.15) is 0 Å². The van der Waals surface area contributed by atoms with Crippen LogP contribution in [0.5, 0.6) is 0 Å². The van der Waals surface area contributed by atoms with E-state index in [1.54, 1.807) is 0 Å². The molecule has 1 fully saturated rings. The van der Waals surface area contributed by atoms with E-state index in [1.165, 1.54) is 0 Å². The van der Waals surface area contributed by atoms with Crippen molar-refractivity contribution in [2.75, 3.05) is 7.05 Å². The molecule has 11 heavy (non-hydrogen) atoms. The van der Waals surface area contributed by atoms with E-state index in [9.17, 15) is 4.79 Å². The molecule has 0 bridgehead atoms. The molecule has 1 aliphatic heterocycles. The van der Waals surface area contributed by atoms with Crippen molar-refractivity contribution in [3.8, 4) is 0 Å². The summed E-state index contributed by atoms with van der Waals surface area (Å²) >= 11 is 0. The first-order valence-electron chi connectivity index (χ1n) is 4.06. The van der Waals surface area contributed by atoms with Gasteiger partial charge in [0.2, 0.25) is 5.91 Å². The molecule has 3 heteroatoms. The molecule has 3 atom stereocenters. The van der Waals surface area contributed by atoms with Gasteiger partial charge in [-0.15, -0.1) is 0 Å². The highest BCUT2D eigenvalue weighted by Gasteiger charge is 2.31. The fraction of sp³-hybridized carbons (Fsp3) is 0.875. The number of rotatable bonds is 0. The van der Waals surface area contributed by atoms with E-state index in [4.69, 9.17) is 0 Å². The predicted octanol–water partition coefficient (Wildman–Crippen LogP) is 0.213. The zero-order valence-electron chi connectivity index (χ0n) is 7.59. The molecule has 1 heterocycles. The Labute approximate surface area is 67.8 Å². The molecule has 0 aromatic rings. The first-order chi connectivity index (χ1) is 5.04. The number of carbonyl (C=O) groups excluding carboxylic acids is 1. The third-order valence-electron chi connectivity index (χ3n) is 2.57. The Morgan fingerprint density at radius 1 is 1.36 bits per heavy atom. The van der Waals surface area contributed by atoms with Crippen LogP contribution in [0.25, 0.3) is 0 Å². The van der Waals surface area contributed by atoms with Crippen molar-refractivity contribution >= 4 is 5.91 Å². The van der Waals surface area contributed by atoms with Crippen LogP contribution in [0, 0.1) is 0 Å². The number of piperazine rings is 1. The lowest BCUT2D eigenvalue weighted by atomic mass is 10.0. The van der Waals surface area contributed by atoms with E-state index in [-0.39, 0.29) is 11.9 Å². The lowest BCUT2D eigenvalue weighted by Gasteiger charge is -2.39. The van der Waals surface area contributed by atoms with Gasteiger partial charge in [0, 0.05) is 19.1 Å². The molecular formula is C8H16N2O. The van der Waals surface area contributed by atoms with Gasteiger partial charge in [-0.1, -0.05) is 0 Å². The first kappa shape index (κ1) is 8.53. The fourth-order valence-electron chi connectivity index (χ4n) is 1.45. The quantitative estimate of drug-likeness (QED) is 0.544. The van der Waals surface area contributed by atoms with Gasteiger partial charge in [-0.25, -0.2) is 0 Å². The SMILES string of the molecule is C[C@@H]1N[C@H](C)[C@H](C)N(C)C1=O. The monoisotopic (exact) mass is 156 g/mol. The summed E-state index contributed by atoms with van der Waals surface area (Å²) in [6.07, 6.45) is 0. The normalized spacial score (nSPS) is 39.5. The fourth-order valence-corrected chi connectivity index (χ4v) is 1.45. The summed E-state index contributed by atoms with van der Waals surface area (Å²) in [6.45, 7) is 6.06. The molecule has 1 saturated heterocycles. The minimum absolute atomic E-state index is 0.0220. The number of amides is 1. The zero-order chi connectivity index (χ0) is 8.59. The van der Waals surface area contributed by atoms with Crippen molar-refractivity contribution in [1.82, 2.24) is 10.2 Å². The molecule has 0 spiro atoms. The van der Waals surface area contributed by atoms with E-state index in [2.05, 4.69) is 19.2 Å². The van der Waals surface area contributed by atoms with Gasteiger partial charge in [-0.05, 0) is 20.8 Å². The van der Waals surface area contributed by atoms with Gasteiger partial charge >= 0.3 is 0 Å². The summed E-state index contributed by atoms with van der Waals surface area (Å²) in [4.78, 5) is 13.2. The van der Waals surface area contributed by atoms with E-state index >= 15 is 0 Å². The summed E-state index contributed by atoms with van der Waals surface area (Å²) in [5.74, 6) is 0.190. The van der Waals surface area contributed by atoms with Gasteiger partial charge < -0.3 is 10.2 Å². The Morgan fingerprint density at radius 2 is 1.91 bits per heavy atom. The van der Waals surface area contributed by atoms with E-state index in [1.807, 2.05) is 18.9 Å². The number of nitrogens with zero attached hydrogens (tertiary/aromatic N) is 1. The summed E-state index contributed by atoms with van der Waals surface area (Å²) in [6, 6.07) is 0.678. The molecular weight excluding hydrogens is 140 g/mol. The second kappa shape index (κ2) is 2.81. The summed E-state index contributed by atoms with van der Waals surface area (Å²) in [5, 5.41) is 3.22. The predicted molar refractivity (Wildman–Crippen MR) is 44.3 cm³/mol. The van der Waals surface area contributed by atoms with Crippen LogP contribution >= 0.6 is 0 Å².